The number of nitrogens with zero attached hydrogens (tertiary/aromatic N) is 2. The molecule has 0 radical (unpaired) electrons. The third kappa shape index (κ3) is 3.57. The first kappa shape index (κ1) is 16.5. The monoisotopic (exact) mass is 343 g/mol. The van der Waals surface area contributed by atoms with Crippen molar-refractivity contribution in [2.45, 2.75) is 18.9 Å². The third-order valence-electron chi connectivity index (χ3n) is 4.11. The van der Waals surface area contributed by atoms with E-state index in [0.29, 0.717) is 36.5 Å². The number of benzene rings is 1. The normalized spacial score (nSPS) is 17.5. The van der Waals surface area contributed by atoms with E-state index >= 15 is 0 Å². The molecule has 2 heterocycles. The van der Waals surface area contributed by atoms with Gasteiger partial charge in [-0.25, -0.2) is 0 Å². The Kier molecular flexibility index (Phi) is 5.11. The van der Waals surface area contributed by atoms with Crippen molar-refractivity contribution < 1.29 is 9.59 Å². The van der Waals surface area contributed by atoms with E-state index in [1.807, 2.05) is 24.3 Å². The van der Waals surface area contributed by atoms with Gasteiger partial charge in [-0.05, 0) is 30.2 Å². The van der Waals surface area contributed by atoms with Crippen LogP contribution in [0.1, 0.15) is 23.6 Å². The molecule has 3 rings (SSSR count). The molecule has 1 N–H and O–H groups in total. The maximum absolute atomic E-state index is 12.7. The molecule has 1 aliphatic heterocycles. The predicted molar refractivity (Wildman–Crippen MR) is 91.5 cm³/mol. The molecule has 1 saturated heterocycles. The van der Waals surface area contributed by atoms with Crippen molar-refractivity contribution in [3.05, 3.63) is 64.9 Å². The van der Waals surface area contributed by atoms with E-state index in [-0.39, 0.29) is 11.8 Å². The maximum Gasteiger partial charge on any atom is 0.247 e. The van der Waals surface area contributed by atoms with Gasteiger partial charge in [0.15, 0.2) is 0 Å². The zero-order valence-corrected chi connectivity index (χ0v) is 13.9. The minimum atomic E-state index is -0.669. The fourth-order valence-electron chi connectivity index (χ4n) is 2.89. The number of pyridine rings is 1. The predicted octanol–water partition coefficient (Wildman–Crippen LogP) is 2.37. The molecule has 0 saturated carbocycles. The highest BCUT2D eigenvalue weighted by Crippen LogP contribution is 2.29. The summed E-state index contributed by atoms with van der Waals surface area (Å²) in [5, 5.41) is 3.31. The summed E-state index contributed by atoms with van der Waals surface area (Å²) in [6.07, 6.45) is 4.38. The van der Waals surface area contributed by atoms with Crippen LogP contribution in [0.25, 0.3) is 0 Å². The fourth-order valence-corrected chi connectivity index (χ4v) is 3.12. The first-order valence-electron chi connectivity index (χ1n) is 7.87. The van der Waals surface area contributed by atoms with Crippen LogP contribution in [0.15, 0.2) is 48.8 Å². The lowest BCUT2D eigenvalue weighted by Crippen LogP contribution is -2.52. The van der Waals surface area contributed by atoms with Crippen molar-refractivity contribution in [1.29, 1.82) is 0 Å². The Morgan fingerprint density at radius 1 is 1.25 bits per heavy atom. The van der Waals surface area contributed by atoms with Gasteiger partial charge in [0.05, 0.1) is 0 Å². The minimum absolute atomic E-state index is 0.0495. The summed E-state index contributed by atoms with van der Waals surface area (Å²) < 4.78 is 0. The topological polar surface area (TPSA) is 62.3 Å². The highest BCUT2D eigenvalue weighted by atomic mass is 35.5. The highest BCUT2D eigenvalue weighted by molar-refractivity contribution is 6.31. The number of carbonyl (C=O) groups is 2. The fraction of sp³-hybridized carbons (Fsp3) is 0.278. The zero-order valence-electron chi connectivity index (χ0n) is 13.1. The first-order chi connectivity index (χ1) is 11.7. The van der Waals surface area contributed by atoms with E-state index in [4.69, 9.17) is 11.6 Å². The van der Waals surface area contributed by atoms with Gasteiger partial charge in [0, 0.05) is 42.5 Å². The number of amides is 2. The molecule has 5 nitrogen and oxygen atoms in total. The summed E-state index contributed by atoms with van der Waals surface area (Å²) in [6, 6.07) is 10.3. The van der Waals surface area contributed by atoms with E-state index in [1.54, 1.807) is 29.4 Å². The van der Waals surface area contributed by atoms with Gasteiger partial charge in [0.1, 0.15) is 6.04 Å². The number of hydrogen-bond donors (Lipinski definition) is 1. The lowest BCUT2D eigenvalue weighted by atomic mass is 10.0. The van der Waals surface area contributed by atoms with Gasteiger partial charge >= 0.3 is 0 Å². The Hall–Kier alpha value is -2.40. The highest BCUT2D eigenvalue weighted by Gasteiger charge is 2.35. The number of aryl methyl sites for hydroxylation is 1. The van der Waals surface area contributed by atoms with Crippen molar-refractivity contribution >= 4 is 23.4 Å². The van der Waals surface area contributed by atoms with Crippen LogP contribution in [-0.4, -0.2) is 34.8 Å². The largest absolute Gasteiger partial charge is 0.352 e. The Morgan fingerprint density at radius 3 is 2.75 bits per heavy atom. The molecule has 2 amide bonds. The molecule has 6 heteroatoms. The van der Waals surface area contributed by atoms with Gasteiger partial charge in [-0.1, -0.05) is 29.8 Å². The van der Waals surface area contributed by atoms with Gasteiger partial charge in [0.25, 0.3) is 0 Å². The van der Waals surface area contributed by atoms with Crippen LogP contribution in [0.2, 0.25) is 5.02 Å². The number of rotatable bonds is 4. The Labute approximate surface area is 145 Å². The molecular weight excluding hydrogens is 326 g/mol. The second-order valence-corrected chi connectivity index (χ2v) is 6.06. The standard InChI is InChI=1S/C18H18ClN3O2/c19-15-4-2-1-3-14(15)17-18(24)21-11-12-22(17)16(23)6-5-13-7-9-20-10-8-13/h1-4,7-10,17H,5-6,11-12H2,(H,21,24)/t17-/m1/s1. The molecule has 24 heavy (non-hydrogen) atoms. The molecule has 0 unspecified atom stereocenters. The molecule has 1 atom stereocenters. The van der Waals surface area contributed by atoms with E-state index in [9.17, 15) is 9.59 Å². The number of carbonyl (C=O) groups excluding carboxylic acids is 2. The van der Waals surface area contributed by atoms with Crippen LogP contribution in [-0.2, 0) is 16.0 Å². The number of halogens is 1. The third-order valence-corrected chi connectivity index (χ3v) is 4.45. The van der Waals surface area contributed by atoms with Crippen molar-refractivity contribution in [3.63, 3.8) is 0 Å². The van der Waals surface area contributed by atoms with Crippen molar-refractivity contribution in [1.82, 2.24) is 15.2 Å². The lowest BCUT2D eigenvalue weighted by molar-refractivity contribution is -0.143. The van der Waals surface area contributed by atoms with Crippen molar-refractivity contribution in [2.75, 3.05) is 13.1 Å². The van der Waals surface area contributed by atoms with Gasteiger partial charge in [-0.3, -0.25) is 14.6 Å². The van der Waals surface area contributed by atoms with E-state index < -0.39 is 6.04 Å². The SMILES string of the molecule is O=C1NCCN(C(=O)CCc2ccncc2)[C@@H]1c1ccccc1Cl. The van der Waals surface area contributed by atoms with Gasteiger partial charge < -0.3 is 10.2 Å². The van der Waals surface area contributed by atoms with Gasteiger partial charge in [0.2, 0.25) is 11.8 Å². The van der Waals surface area contributed by atoms with Crippen LogP contribution >= 0.6 is 11.6 Å². The second-order valence-electron chi connectivity index (χ2n) is 5.66. The van der Waals surface area contributed by atoms with E-state index in [0.717, 1.165) is 5.56 Å². The molecule has 2 aromatic rings. The number of hydrogen-bond acceptors (Lipinski definition) is 3. The average Bonchev–Trinajstić information content (AvgIpc) is 2.61. The lowest BCUT2D eigenvalue weighted by Gasteiger charge is -2.35. The van der Waals surface area contributed by atoms with Crippen LogP contribution in [0, 0.1) is 0 Å². The first-order valence-corrected chi connectivity index (χ1v) is 8.25. The Bertz CT molecular complexity index is 736. The van der Waals surface area contributed by atoms with Crippen LogP contribution in [0.3, 0.4) is 0 Å². The second kappa shape index (κ2) is 7.45. The molecule has 1 aliphatic rings. The van der Waals surface area contributed by atoms with Crippen molar-refractivity contribution in [2.24, 2.45) is 0 Å². The maximum atomic E-state index is 12.7. The molecular formula is C18H18ClN3O2. The summed E-state index contributed by atoms with van der Waals surface area (Å²) in [4.78, 5) is 30.7. The smallest absolute Gasteiger partial charge is 0.247 e. The summed E-state index contributed by atoms with van der Waals surface area (Å²) in [5.41, 5.74) is 1.71. The average molecular weight is 344 g/mol. The van der Waals surface area contributed by atoms with Crippen LogP contribution in [0.4, 0.5) is 0 Å². The van der Waals surface area contributed by atoms with E-state index in [1.165, 1.54) is 0 Å². The summed E-state index contributed by atoms with van der Waals surface area (Å²) >= 11 is 6.24. The number of piperazine rings is 1. The molecule has 0 spiro atoms. The van der Waals surface area contributed by atoms with Crippen molar-refractivity contribution in [3.8, 4) is 0 Å². The molecule has 1 aromatic carbocycles. The van der Waals surface area contributed by atoms with Gasteiger partial charge in [-0.15, -0.1) is 0 Å². The van der Waals surface area contributed by atoms with Crippen LogP contribution < -0.4 is 5.32 Å². The zero-order chi connectivity index (χ0) is 16.9. The van der Waals surface area contributed by atoms with Crippen LogP contribution in [0.5, 0.6) is 0 Å². The molecule has 124 valence electrons. The summed E-state index contributed by atoms with van der Waals surface area (Å²) in [6.45, 7) is 0.942. The Morgan fingerprint density at radius 2 is 2.00 bits per heavy atom. The minimum Gasteiger partial charge on any atom is -0.352 e. The molecule has 0 bridgehead atoms. The van der Waals surface area contributed by atoms with Gasteiger partial charge in [-0.2, -0.15) is 0 Å². The summed E-state index contributed by atoms with van der Waals surface area (Å²) in [5.74, 6) is -0.238. The molecule has 1 aromatic heterocycles. The van der Waals surface area contributed by atoms with E-state index in [2.05, 4.69) is 10.3 Å². The summed E-state index contributed by atoms with van der Waals surface area (Å²) in [7, 11) is 0. The molecule has 1 fully saturated rings. The number of nitrogens with one attached hydrogen (secondary N) is 1. The number of aromatic nitrogens is 1. The molecule has 0 aliphatic carbocycles. The quantitative estimate of drug-likeness (QED) is 0.927. The Balaban J connectivity index is 1.77.